The molecule has 8 rings (SSSR count). The third kappa shape index (κ3) is 2.63. The minimum absolute atomic E-state index is 0.0216. The van der Waals surface area contributed by atoms with E-state index < -0.39 is 111 Å². The van der Waals surface area contributed by atoms with Crippen LogP contribution in [0.1, 0.15) is 66.7 Å². The number of carbonyl (C=O) groups excluding carboxylic acids is 4. The molecule has 224 valence electrons. The Morgan fingerprint density at radius 1 is 0.951 bits per heavy atom. The van der Waals surface area contributed by atoms with Gasteiger partial charge in [-0.3, -0.25) is 14.4 Å². The molecule has 8 fully saturated rings. The minimum atomic E-state index is -2.10. The van der Waals surface area contributed by atoms with Gasteiger partial charge in [0.2, 0.25) is 17.4 Å². The van der Waals surface area contributed by atoms with Crippen LogP contribution in [0.2, 0.25) is 0 Å². The van der Waals surface area contributed by atoms with Gasteiger partial charge in [0.1, 0.15) is 24.4 Å². The van der Waals surface area contributed by atoms with Gasteiger partial charge in [0, 0.05) is 35.5 Å². The maximum absolute atomic E-state index is 14.8. The number of hydrogen-bond acceptors (Lipinski definition) is 12. The van der Waals surface area contributed by atoms with Crippen molar-refractivity contribution in [1.82, 2.24) is 0 Å². The quantitative estimate of drug-likeness (QED) is 0.328. The summed E-state index contributed by atoms with van der Waals surface area (Å²) in [5, 5.41) is 34.8. The second kappa shape index (κ2) is 7.05. The van der Waals surface area contributed by atoms with Crippen LogP contribution in [-0.2, 0) is 42.9 Å². The number of aliphatic hydroxyl groups is 3. The number of fused-ring (bicyclic) bond motifs is 2. The lowest BCUT2D eigenvalue weighted by atomic mass is 9.60. The van der Waals surface area contributed by atoms with Crippen LogP contribution in [0.5, 0.6) is 0 Å². The summed E-state index contributed by atoms with van der Waals surface area (Å²) in [6.45, 7) is 8.29. The van der Waals surface area contributed by atoms with Crippen molar-refractivity contribution in [3.63, 3.8) is 0 Å². The van der Waals surface area contributed by atoms with Crippen molar-refractivity contribution < 1.29 is 58.2 Å². The van der Waals surface area contributed by atoms with E-state index in [-0.39, 0.29) is 31.5 Å². The molecule has 0 radical (unpaired) electrons. The van der Waals surface area contributed by atoms with Crippen molar-refractivity contribution in [2.24, 2.45) is 35.0 Å². The first-order chi connectivity index (χ1) is 18.9. The van der Waals surface area contributed by atoms with Crippen LogP contribution in [0.25, 0.3) is 0 Å². The number of esters is 2. The van der Waals surface area contributed by atoms with Gasteiger partial charge < -0.3 is 39.0 Å². The highest BCUT2D eigenvalue weighted by Crippen LogP contribution is 2.72. The van der Waals surface area contributed by atoms with Gasteiger partial charge in [0.25, 0.3) is 0 Å². The Morgan fingerprint density at radius 2 is 1.66 bits per heavy atom. The van der Waals surface area contributed by atoms with Crippen LogP contribution >= 0.6 is 0 Å². The Balaban J connectivity index is 1.34. The third-order valence-electron chi connectivity index (χ3n) is 12.4. The van der Waals surface area contributed by atoms with Crippen molar-refractivity contribution in [3.8, 4) is 0 Å². The van der Waals surface area contributed by atoms with Gasteiger partial charge in [0.15, 0.2) is 11.2 Å². The SMILES string of the molecule is CC1C(=O)C2(C)CCC34CC56OC(=O)CC5(O)OC(C)(C)C6CC(O)C3C(=O)C3(OC5C(OC(=O)C5(C)O)C1C23)O4. The number of hydrogen-bond donors (Lipinski definition) is 3. The number of aliphatic hydroxyl groups excluding tert-OH is 1. The Bertz CT molecular complexity index is 1340. The summed E-state index contributed by atoms with van der Waals surface area (Å²) in [6.07, 6.45) is -3.75. The van der Waals surface area contributed by atoms with Crippen LogP contribution in [0.3, 0.4) is 0 Å². The molecule has 2 aliphatic carbocycles. The molecule has 12 nitrogen and oxygen atoms in total. The fourth-order valence-corrected chi connectivity index (χ4v) is 10.9. The van der Waals surface area contributed by atoms with Gasteiger partial charge in [-0.2, -0.15) is 0 Å². The van der Waals surface area contributed by atoms with E-state index in [0.717, 1.165) is 0 Å². The lowest BCUT2D eigenvalue weighted by molar-refractivity contribution is -0.342. The summed E-state index contributed by atoms with van der Waals surface area (Å²) in [5.41, 5.74) is -7.35. The molecular weight excluding hydrogens is 540 g/mol. The summed E-state index contributed by atoms with van der Waals surface area (Å²) >= 11 is 0. The number of ketones is 2. The molecule has 0 aromatic rings. The molecule has 6 aliphatic heterocycles. The standard InChI is InChI=1S/C29H36O12/c1-11-15-17-21(25(5,35)22(34)37-17)39-29-18(15)24(4,19(11)32)6-7-26(41-29)10-27-13(8-12(30)16(26)20(29)33)23(2,3)40-28(27,36)9-14(31)38-27/h11-13,15-18,21,30,35-36H,6-10H2,1-5H3. The molecule has 6 saturated heterocycles. The van der Waals surface area contributed by atoms with Gasteiger partial charge in [-0.1, -0.05) is 13.8 Å². The van der Waals surface area contributed by atoms with Crippen LogP contribution < -0.4 is 0 Å². The topological polar surface area (TPSA) is 175 Å². The van der Waals surface area contributed by atoms with E-state index in [9.17, 15) is 34.5 Å². The zero-order valence-corrected chi connectivity index (χ0v) is 23.7. The van der Waals surface area contributed by atoms with Gasteiger partial charge in [0.05, 0.1) is 23.2 Å². The van der Waals surface area contributed by atoms with Crippen LogP contribution in [0.15, 0.2) is 0 Å². The molecule has 14 unspecified atom stereocenters. The van der Waals surface area contributed by atoms with Crippen molar-refractivity contribution in [2.75, 3.05) is 0 Å². The summed E-state index contributed by atoms with van der Waals surface area (Å²) in [7, 11) is 0. The third-order valence-corrected chi connectivity index (χ3v) is 12.4. The number of rotatable bonds is 0. The summed E-state index contributed by atoms with van der Waals surface area (Å²) in [4.78, 5) is 54.3. The van der Waals surface area contributed by atoms with Gasteiger partial charge in [-0.05, 0) is 40.0 Å². The molecule has 8 aliphatic rings. The molecular formula is C29H36O12. The van der Waals surface area contributed by atoms with Gasteiger partial charge in [-0.15, -0.1) is 0 Å². The second-order valence-corrected chi connectivity index (χ2v) is 14.9. The average Bonchev–Trinajstić information content (AvgIpc) is 3.39. The Morgan fingerprint density at radius 3 is 2.37 bits per heavy atom. The average molecular weight is 577 g/mol. The Labute approximate surface area is 236 Å². The molecule has 3 spiro atoms. The molecule has 0 aromatic carbocycles. The minimum Gasteiger partial charge on any atom is -0.457 e. The number of carbonyl (C=O) groups is 4. The predicted molar refractivity (Wildman–Crippen MR) is 131 cm³/mol. The van der Waals surface area contributed by atoms with E-state index in [1.165, 1.54) is 6.92 Å². The van der Waals surface area contributed by atoms with Crippen LogP contribution in [0.4, 0.5) is 0 Å². The molecule has 0 amide bonds. The Kier molecular flexibility index (Phi) is 4.58. The normalized spacial score (nSPS) is 61.3. The maximum atomic E-state index is 14.8. The highest BCUT2D eigenvalue weighted by atomic mass is 16.8. The van der Waals surface area contributed by atoms with Crippen LogP contribution in [0, 0.1) is 35.0 Å². The fourth-order valence-electron chi connectivity index (χ4n) is 10.9. The van der Waals surface area contributed by atoms with Gasteiger partial charge >= 0.3 is 11.9 Å². The van der Waals surface area contributed by atoms with Gasteiger partial charge in [-0.25, -0.2) is 4.79 Å². The molecule has 14 atom stereocenters. The molecule has 6 heterocycles. The zero-order valence-electron chi connectivity index (χ0n) is 23.7. The van der Waals surface area contributed by atoms with Crippen molar-refractivity contribution >= 4 is 23.5 Å². The van der Waals surface area contributed by atoms with Crippen molar-refractivity contribution in [1.29, 1.82) is 0 Å². The zero-order chi connectivity index (χ0) is 29.5. The molecule has 2 bridgehead atoms. The first-order valence-corrected chi connectivity index (χ1v) is 14.6. The molecule has 0 aromatic heterocycles. The van der Waals surface area contributed by atoms with E-state index in [1.807, 2.05) is 0 Å². The summed E-state index contributed by atoms with van der Waals surface area (Å²) in [6, 6.07) is 0. The van der Waals surface area contributed by atoms with E-state index in [2.05, 4.69) is 0 Å². The lowest BCUT2D eigenvalue weighted by Crippen LogP contribution is -2.66. The largest absolute Gasteiger partial charge is 0.457 e. The highest BCUT2D eigenvalue weighted by Gasteiger charge is 2.86. The first-order valence-electron chi connectivity index (χ1n) is 14.6. The molecule has 41 heavy (non-hydrogen) atoms. The second-order valence-electron chi connectivity index (χ2n) is 14.9. The van der Waals surface area contributed by atoms with E-state index in [4.69, 9.17) is 23.7 Å². The lowest BCUT2D eigenvalue weighted by Gasteiger charge is -2.50. The first kappa shape index (κ1) is 26.7. The smallest absolute Gasteiger partial charge is 0.341 e. The van der Waals surface area contributed by atoms with E-state index >= 15 is 0 Å². The van der Waals surface area contributed by atoms with Crippen molar-refractivity contribution in [2.45, 2.75) is 119 Å². The summed E-state index contributed by atoms with van der Waals surface area (Å²) in [5.74, 6) is -10.3. The molecule has 2 saturated carbocycles. The van der Waals surface area contributed by atoms with E-state index in [1.54, 1.807) is 27.7 Å². The number of ether oxygens (including phenoxy) is 5. The summed E-state index contributed by atoms with van der Waals surface area (Å²) < 4.78 is 31.0. The molecule has 3 N–H and O–H groups in total. The van der Waals surface area contributed by atoms with Crippen LogP contribution in [-0.4, -0.2) is 91.1 Å². The highest BCUT2D eigenvalue weighted by molar-refractivity contribution is 5.98. The van der Waals surface area contributed by atoms with Crippen molar-refractivity contribution in [3.05, 3.63) is 0 Å². The maximum Gasteiger partial charge on any atom is 0.341 e. The molecule has 12 heteroatoms. The monoisotopic (exact) mass is 576 g/mol. The van der Waals surface area contributed by atoms with E-state index in [0.29, 0.717) is 0 Å². The fraction of sp³-hybridized carbons (Fsp3) is 0.862. The predicted octanol–water partition coefficient (Wildman–Crippen LogP) is -0.0825. The Hall–Kier alpha value is -1.96. The number of Topliss-reactive ketones (excluding diaryl/α,β-unsaturated/α-hetero) is 2.